The van der Waals surface area contributed by atoms with Crippen molar-refractivity contribution >= 4 is 0 Å². The zero-order chi connectivity index (χ0) is 13.0. The van der Waals surface area contributed by atoms with Gasteiger partial charge in [-0.05, 0) is 12.1 Å². The number of aromatic nitrogens is 3. The van der Waals surface area contributed by atoms with Gasteiger partial charge in [-0.2, -0.15) is 0 Å². The van der Waals surface area contributed by atoms with E-state index in [0.717, 1.165) is 22.8 Å². The van der Waals surface area contributed by atoms with Gasteiger partial charge in [0.15, 0.2) is 0 Å². The van der Waals surface area contributed by atoms with E-state index in [1.54, 1.807) is 18.9 Å². The lowest BCUT2D eigenvalue weighted by Crippen LogP contribution is -2.07. The van der Waals surface area contributed by atoms with Gasteiger partial charge in [0, 0.05) is 19.7 Å². The van der Waals surface area contributed by atoms with Crippen molar-refractivity contribution in [3.8, 4) is 11.4 Å². The summed E-state index contributed by atoms with van der Waals surface area (Å²) in [5, 5.41) is 8.15. The highest BCUT2D eigenvalue weighted by Crippen LogP contribution is 2.18. The molecule has 1 heterocycles. The lowest BCUT2D eigenvalue weighted by Gasteiger charge is -2.08. The average molecular weight is 248 g/mol. The number of rotatable bonds is 5. The number of nitrogens with two attached hydrogens (primary N) is 1. The van der Waals surface area contributed by atoms with Crippen LogP contribution in [-0.2, 0) is 17.9 Å². The van der Waals surface area contributed by atoms with Gasteiger partial charge in [0.25, 0.3) is 0 Å². The zero-order valence-corrected chi connectivity index (χ0v) is 10.5. The van der Waals surface area contributed by atoms with Crippen LogP contribution < -0.4 is 10.5 Å². The lowest BCUT2D eigenvalue weighted by atomic mass is 10.2. The first-order chi connectivity index (χ1) is 8.80. The normalized spacial score (nSPS) is 10.6. The summed E-state index contributed by atoms with van der Waals surface area (Å²) in [5.74, 6) is 0.765. The van der Waals surface area contributed by atoms with Gasteiger partial charge in [-0.15, -0.1) is 5.10 Å². The Bertz CT molecular complexity index is 525. The summed E-state index contributed by atoms with van der Waals surface area (Å²) in [5.41, 5.74) is 8.09. The predicted octanol–water partition coefficient (Wildman–Crippen LogP) is 0.881. The molecule has 0 aliphatic rings. The molecule has 18 heavy (non-hydrogen) atoms. The summed E-state index contributed by atoms with van der Waals surface area (Å²) in [6.45, 7) is 0.749. The third kappa shape index (κ3) is 2.34. The van der Waals surface area contributed by atoms with Crippen molar-refractivity contribution in [2.45, 2.75) is 13.2 Å². The fourth-order valence-corrected chi connectivity index (χ4v) is 1.72. The van der Waals surface area contributed by atoms with Crippen molar-refractivity contribution in [2.24, 2.45) is 5.73 Å². The van der Waals surface area contributed by atoms with Crippen molar-refractivity contribution in [1.82, 2.24) is 15.0 Å². The van der Waals surface area contributed by atoms with Gasteiger partial charge in [0.2, 0.25) is 0 Å². The summed E-state index contributed by atoms with van der Waals surface area (Å²) in [4.78, 5) is 0. The zero-order valence-electron chi connectivity index (χ0n) is 10.5. The van der Waals surface area contributed by atoms with Crippen LogP contribution in [0.25, 0.3) is 5.69 Å². The fraction of sp³-hybridized carbons (Fsp3) is 0.333. The number of benzene rings is 1. The van der Waals surface area contributed by atoms with E-state index >= 15 is 0 Å². The maximum absolute atomic E-state index is 5.63. The molecule has 2 N–H and O–H groups in total. The Labute approximate surface area is 105 Å². The molecule has 0 atom stereocenters. The molecule has 1 aromatic heterocycles. The minimum absolute atomic E-state index is 0.336. The highest BCUT2D eigenvalue weighted by molar-refractivity contribution is 5.40. The number of nitrogens with zero attached hydrogens (tertiary/aromatic N) is 3. The van der Waals surface area contributed by atoms with Crippen LogP contribution in [0.1, 0.15) is 11.4 Å². The van der Waals surface area contributed by atoms with E-state index in [1.807, 2.05) is 24.3 Å². The van der Waals surface area contributed by atoms with Gasteiger partial charge >= 0.3 is 0 Å². The molecule has 0 spiro atoms. The van der Waals surface area contributed by atoms with Crippen molar-refractivity contribution in [3.63, 3.8) is 0 Å². The van der Waals surface area contributed by atoms with Crippen LogP contribution in [0.3, 0.4) is 0 Å². The molecule has 0 amide bonds. The fourth-order valence-electron chi connectivity index (χ4n) is 1.72. The van der Waals surface area contributed by atoms with E-state index in [4.69, 9.17) is 15.2 Å². The topological polar surface area (TPSA) is 75.2 Å². The molecule has 0 radical (unpaired) electrons. The average Bonchev–Trinajstić information content (AvgIpc) is 2.82. The Morgan fingerprint density at radius 3 is 2.83 bits per heavy atom. The second-order valence-electron chi connectivity index (χ2n) is 3.73. The van der Waals surface area contributed by atoms with Crippen LogP contribution in [0, 0.1) is 0 Å². The monoisotopic (exact) mass is 248 g/mol. The number of methoxy groups -OCH3 is 2. The van der Waals surface area contributed by atoms with Crippen LogP contribution in [0.5, 0.6) is 5.75 Å². The standard InChI is InChI=1S/C12H16N4O2/c1-17-8-12-11(7-13)14-15-16(12)9-4-3-5-10(6-9)18-2/h3-6H,7-8,13H2,1-2H3. The third-order valence-corrected chi connectivity index (χ3v) is 2.62. The van der Waals surface area contributed by atoms with Gasteiger partial charge in [0.1, 0.15) is 11.4 Å². The molecular formula is C12H16N4O2. The van der Waals surface area contributed by atoms with E-state index in [2.05, 4.69) is 10.3 Å². The van der Waals surface area contributed by atoms with Crippen LogP contribution in [0.4, 0.5) is 0 Å². The second-order valence-corrected chi connectivity index (χ2v) is 3.73. The van der Waals surface area contributed by atoms with Gasteiger partial charge in [-0.25, -0.2) is 4.68 Å². The van der Waals surface area contributed by atoms with Crippen molar-refractivity contribution < 1.29 is 9.47 Å². The predicted molar refractivity (Wildman–Crippen MR) is 66.5 cm³/mol. The molecule has 2 aromatic rings. The Morgan fingerprint density at radius 1 is 1.33 bits per heavy atom. The molecule has 0 unspecified atom stereocenters. The first kappa shape index (κ1) is 12.5. The quantitative estimate of drug-likeness (QED) is 0.850. The third-order valence-electron chi connectivity index (χ3n) is 2.62. The van der Waals surface area contributed by atoms with E-state index in [0.29, 0.717) is 13.2 Å². The molecule has 1 aromatic carbocycles. The molecule has 6 heteroatoms. The van der Waals surface area contributed by atoms with Crippen LogP contribution in [0.15, 0.2) is 24.3 Å². The van der Waals surface area contributed by atoms with E-state index < -0.39 is 0 Å². The van der Waals surface area contributed by atoms with Gasteiger partial charge in [0.05, 0.1) is 25.1 Å². The van der Waals surface area contributed by atoms with Crippen LogP contribution >= 0.6 is 0 Å². The van der Waals surface area contributed by atoms with Crippen molar-refractivity contribution in [2.75, 3.05) is 14.2 Å². The molecule has 2 rings (SSSR count). The summed E-state index contributed by atoms with van der Waals surface area (Å²) < 4.78 is 12.1. The number of ether oxygens (including phenoxy) is 2. The molecule has 0 aliphatic carbocycles. The SMILES string of the molecule is COCc1c(CN)nnn1-c1cccc(OC)c1. The van der Waals surface area contributed by atoms with Gasteiger partial charge < -0.3 is 15.2 Å². The summed E-state index contributed by atoms with van der Waals surface area (Å²) in [6.07, 6.45) is 0. The summed E-state index contributed by atoms with van der Waals surface area (Å²) in [7, 11) is 3.26. The molecule has 6 nitrogen and oxygen atoms in total. The minimum atomic E-state index is 0.336. The van der Waals surface area contributed by atoms with E-state index in [-0.39, 0.29) is 0 Å². The van der Waals surface area contributed by atoms with Crippen LogP contribution in [0.2, 0.25) is 0 Å². The minimum Gasteiger partial charge on any atom is -0.497 e. The smallest absolute Gasteiger partial charge is 0.121 e. The molecule has 0 fully saturated rings. The van der Waals surface area contributed by atoms with Gasteiger partial charge in [-0.1, -0.05) is 11.3 Å². The van der Waals surface area contributed by atoms with Crippen molar-refractivity contribution in [3.05, 3.63) is 35.7 Å². The molecular weight excluding hydrogens is 232 g/mol. The summed E-state index contributed by atoms with van der Waals surface area (Å²) >= 11 is 0. The molecule has 0 saturated carbocycles. The first-order valence-corrected chi connectivity index (χ1v) is 5.57. The Morgan fingerprint density at radius 2 is 2.17 bits per heavy atom. The Hall–Kier alpha value is -1.92. The molecule has 0 aliphatic heterocycles. The van der Waals surface area contributed by atoms with Crippen LogP contribution in [-0.4, -0.2) is 29.2 Å². The highest BCUT2D eigenvalue weighted by atomic mass is 16.5. The number of hydrogen-bond acceptors (Lipinski definition) is 5. The Kier molecular flexibility index (Phi) is 3.91. The number of hydrogen-bond donors (Lipinski definition) is 1. The van der Waals surface area contributed by atoms with E-state index in [1.165, 1.54) is 0 Å². The second kappa shape index (κ2) is 5.61. The maximum Gasteiger partial charge on any atom is 0.121 e. The molecule has 0 saturated heterocycles. The Balaban J connectivity index is 2.45. The van der Waals surface area contributed by atoms with Crippen molar-refractivity contribution in [1.29, 1.82) is 0 Å². The molecule has 0 bridgehead atoms. The largest absolute Gasteiger partial charge is 0.497 e. The van der Waals surface area contributed by atoms with E-state index in [9.17, 15) is 0 Å². The maximum atomic E-state index is 5.63. The molecule has 96 valence electrons. The first-order valence-electron chi connectivity index (χ1n) is 5.57. The highest BCUT2D eigenvalue weighted by Gasteiger charge is 2.13. The summed E-state index contributed by atoms with van der Waals surface area (Å²) in [6, 6.07) is 7.58. The van der Waals surface area contributed by atoms with Gasteiger partial charge in [-0.3, -0.25) is 0 Å². The lowest BCUT2D eigenvalue weighted by molar-refractivity contribution is 0.178.